The molecule has 0 aromatic heterocycles. The summed E-state index contributed by atoms with van der Waals surface area (Å²) >= 11 is 1.35. The van der Waals surface area contributed by atoms with Gasteiger partial charge in [0.1, 0.15) is 5.70 Å². The lowest BCUT2D eigenvalue weighted by atomic mass is 9.74. The quantitative estimate of drug-likeness (QED) is 0.332. The predicted octanol–water partition coefficient (Wildman–Crippen LogP) is -1.02. The number of aliphatic hydroxyl groups excluding tert-OH is 1. The Labute approximate surface area is 195 Å². The van der Waals surface area contributed by atoms with Crippen LogP contribution in [0.4, 0.5) is 0 Å². The van der Waals surface area contributed by atoms with Crippen LogP contribution in [0.1, 0.15) is 26.7 Å². The maximum atomic E-state index is 13.0. The zero-order chi connectivity index (χ0) is 24.1. The Morgan fingerprint density at radius 2 is 1.88 bits per heavy atom. The first-order valence-electron chi connectivity index (χ1n) is 11.1. The van der Waals surface area contributed by atoms with Gasteiger partial charge in [-0.15, -0.1) is 11.8 Å². The highest BCUT2D eigenvalue weighted by atomic mass is 32.2. The van der Waals surface area contributed by atoms with Gasteiger partial charge in [0.05, 0.1) is 24.7 Å². The van der Waals surface area contributed by atoms with Crippen molar-refractivity contribution < 1.29 is 34.5 Å². The smallest absolute Gasteiger partial charge is 0.353 e. The van der Waals surface area contributed by atoms with Gasteiger partial charge in [0.25, 0.3) is 0 Å². The van der Waals surface area contributed by atoms with Crippen molar-refractivity contribution in [1.82, 2.24) is 20.0 Å². The summed E-state index contributed by atoms with van der Waals surface area (Å²) in [6.07, 6.45) is -0.129. The number of carboxylic acid groups (broad SMARTS) is 2. The van der Waals surface area contributed by atoms with Gasteiger partial charge in [-0.05, 0) is 13.3 Å². The average Bonchev–Trinajstić information content (AvgIpc) is 3.28. The summed E-state index contributed by atoms with van der Waals surface area (Å²) in [4.78, 5) is 53.4. The number of carbonyl (C=O) groups is 4. The van der Waals surface area contributed by atoms with E-state index >= 15 is 0 Å². The van der Waals surface area contributed by atoms with E-state index in [4.69, 9.17) is 5.11 Å². The minimum atomic E-state index is -1.18. The summed E-state index contributed by atoms with van der Waals surface area (Å²) in [7, 11) is 0. The van der Waals surface area contributed by atoms with E-state index in [0.29, 0.717) is 44.0 Å². The molecule has 5 atom stereocenters. The molecule has 0 bridgehead atoms. The van der Waals surface area contributed by atoms with Crippen LogP contribution in [0.15, 0.2) is 10.6 Å². The van der Waals surface area contributed by atoms with E-state index in [0.717, 1.165) is 0 Å². The third-order valence-corrected chi connectivity index (χ3v) is 8.93. The molecule has 0 aromatic rings. The number of aliphatic hydroxyl groups is 1. The van der Waals surface area contributed by atoms with Crippen molar-refractivity contribution >= 4 is 35.5 Å². The van der Waals surface area contributed by atoms with E-state index in [1.165, 1.54) is 16.7 Å². The lowest BCUT2D eigenvalue weighted by Gasteiger charge is -2.45. The maximum Gasteiger partial charge on any atom is 0.353 e. The van der Waals surface area contributed by atoms with Crippen molar-refractivity contribution in [3.8, 4) is 0 Å². The molecule has 0 radical (unpaired) electrons. The highest BCUT2D eigenvalue weighted by Gasteiger charge is 2.62. The molecular formula is C21H30N4O7S. The number of β-lactam (4-membered cyclic amide) rings is 1. The fraction of sp³-hybridized carbons (Fsp3) is 0.714. The number of rotatable bonds is 7. The number of carbonyl (C=O) groups excluding carboxylic acids is 2. The van der Waals surface area contributed by atoms with E-state index in [1.807, 2.05) is 6.92 Å². The molecule has 4 aliphatic heterocycles. The van der Waals surface area contributed by atoms with Gasteiger partial charge in [-0.1, -0.05) is 6.92 Å². The van der Waals surface area contributed by atoms with Crippen LogP contribution in [0.5, 0.6) is 0 Å². The van der Waals surface area contributed by atoms with Crippen LogP contribution in [-0.4, -0.2) is 116 Å². The van der Waals surface area contributed by atoms with Crippen LogP contribution in [0.3, 0.4) is 0 Å². The van der Waals surface area contributed by atoms with E-state index in [1.54, 1.807) is 16.7 Å². The number of aliphatic carboxylic acids is 2. The summed E-state index contributed by atoms with van der Waals surface area (Å²) < 4.78 is 0. The number of nitrogens with one attached hydrogen (secondary N) is 1. The van der Waals surface area contributed by atoms with E-state index in [-0.39, 0.29) is 41.8 Å². The summed E-state index contributed by atoms with van der Waals surface area (Å²) in [5.74, 6) is -2.36. The summed E-state index contributed by atoms with van der Waals surface area (Å²) in [6.45, 7) is 5.85. The number of carboxylic acids is 2. The van der Waals surface area contributed by atoms with E-state index in [9.17, 15) is 29.4 Å². The molecule has 3 saturated heterocycles. The third-order valence-electron chi connectivity index (χ3n) is 7.37. The molecule has 4 heterocycles. The Morgan fingerprint density at radius 3 is 2.42 bits per heavy atom. The zero-order valence-corrected chi connectivity index (χ0v) is 19.5. The molecule has 4 aliphatic rings. The average molecular weight is 483 g/mol. The van der Waals surface area contributed by atoms with Gasteiger partial charge < -0.3 is 30.4 Å². The van der Waals surface area contributed by atoms with Gasteiger partial charge in [-0.2, -0.15) is 0 Å². The van der Waals surface area contributed by atoms with Gasteiger partial charge in [0, 0.05) is 54.7 Å². The van der Waals surface area contributed by atoms with Crippen molar-refractivity contribution in [3.63, 3.8) is 0 Å². The Balaban J connectivity index is 1.42. The fourth-order valence-electron chi connectivity index (χ4n) is 5.23. The number of hydrogen-bond donors (Lipinski definition) is 4. The van der Waals surface area contributed by atoms with Crippen molar-refractivity contribution in [1.29, 1.82) is 0 Å². The number of hydrogen-bond acceptors (Lipinski definition) is 8. The molecule has 0 spiro atoms. The Kier molecular flexibility index (Phi) is 6.47. The van der Waals surface area contributed by atoms with Gasteiger partial charge in [-0.3, -0.25) is 19.3 Å². The van der Waals surface area contributed by atoms with Crippen LogP contribution in [-0.2, 0) is 19.2 Å². The van der Waals surface area contributed by atoms with Gasteiger partial charge in [0.2, 0.25) is 11.8 Å². The van der Waals surface area contributed by atoms with E-state index < -0.39 is 29.5 Å². The Morgan fingerprint density at radius 1 is 1.21 bits per heavy atom. The van der Waals surface area contributed by atoms with Crippen LogP contribution < -0.4 is 5.32 Å². The molecule has 0 aliphatic carbocycles. The highest BCUT2D eigenvalue weighted by molar-refractivity contribution is 8.03. The molecule has 0 aromatic carbocycles. The molecule has 182 valence electrons. The Bertz CT molecular complexity index is 901. The maximum absolute atomic E-state index is 13.0. The number of nitrogens with zero attached hydrogens (tertiary/aromatic N) is 3. The summed E-state index contributed by atoms with van der Waals surface area (Å²) in [5, 5.41) is 32.5. The lowest BCUT2D eigenvalue weighted by Crippen LogP contribution is -2.57. The molecule has 4 rings (SSSR count). The fourth-order valence-corrected chi connectivity index (χ4v) is 6.89. The van der Waals surface area contributed by atoms with Crippen molar-refractivity contribution in [3.05, 3.63) is 10.6 Å². The second-order valence-corrected chi connectivity index (χ2v) is 10.7. The SMILES string of the molecule is CC(O)[C@]1(C)C(S[C@@H]2CN[C@H](C(=O)N3CCN(CC(=O)O)CC3)C2)=C(C(=O)O)N2C(=O)C[C@H]21. The van der Waals surface area contributed by atoms with Gasteiger partial charge >= 0.3 is 11.9 Å². The van der Waals surface area contributed by atoms with Crippen molar-refractivity contribution in [2.24, 2.45) is 5.41 Å². The monoisotopic (exact) mass is 482 g/mol. The largest absolute Gasteiger partial charge is 0.480 e. The third kappa shape index (κ3) is 4.13. The van der Waals surface area contributed by atoms with Crippen molar-refractivity contribution in [2.75, 3.05) is 39.3 Å². The molecule has 1 unspecified atom stereocenters. The molecule has 3 fully saturated rings. The van der Waals surface area contributed by atoms with Crippen LogP contribution in [0.25, 0.3) is 0 Å². The predicted molar refractivity (Wildman–Crippen MR) is 118 cm³/mol. The minimum absolute atomic E-state index is 0.0357. The Hall–Kier alpha value is -2.15. The lowest BCUT2D eigenvalue weighted by molar-refractivity contribution is -0.152. The molecule has 11 nitrogen and oxygen atoms in total. The van der Waals surface area contributed by atoms with Gasteiger partial charge in [-0.25, -0.2) is 4.79 Å². The normalized spacial score (nSPS) is 33.2. The number of fused-ring (bicyclic) bond motifs is 1. The zero-order valence-electron chi connectivity index (χ0n) is 18.7. The minimum Gasteiger partial charge on any atom is -0.480 e. The number of thioether (sulfide) groups is 1. The van der Waals surface area contributed by atoms with Crippen LogP contribution >= 0.6 is 11.8 Å². The number of amides is 2. The molecule has 2 amide bonds. The topological polar surface area (TPSA) is 151 Å². The first-order valence-corrected chi connectivity index (χ1v) is 12.0. The van der Waals surface area contributed by atoms with Crippen LogP contribution in [0.2, 0.25) is 0 Å². The first kappa shape index (κ1) is 24.0. The molecule has 33 heavy (non-hydrogen) atoms. The highest BCUT2D eigenvalue weighted by Crippen LogP contribution is 2.57. The second kappa shape index (κ2) is 8.90. The molecule has 4 N–H and O–H groups in total. The second-order valence-electron chi connectivity index (χ2n) is 9.36. The van der Waals surface area contributed by atoms with Gasteiger partial charge in [0.15, 0.2) is 0 Å². The standard InChI is InChI=1S/C21H30N4O7S/c1-11(26)21(2)14-8-15(27)25(14)17(20(31)32)18(21)33-12-7-13(22-9-12)19(30)24-5-3-23(4-6-24)10-16(28)29/h11-14,22,26H,3-10H2,1-2H3,(H,28,29)(H,31,32)/t11?,12-,13-,14-,21-/m0/s1. The molecule has 0 saturated carbocycles. The molecular weight excluding hydrogens is 452 g/mol. The summed E-state index contributed by atoms with van der Waals surface area (Å²) in [6, 6.07) is -0.771. The first-order chi connectivity index (χ1) is 15.5. The summed E-state index contributed by atoms with van der Waals surface area (Å²) in [5.41, 5.74) is -0.913. The van der Waals surface area contributed by atoms with Crippen LogP contribution in [0, 0.1) is 5.41 Å². The van der Waals surface area contributed by atoms with Crippen molar-refractivity contribution in [2.45, 2.75) is 50.1 Å². The number of piperazine rings is 1. The molecule has 12 heteroatoms. The van der Waals surface area contributed by atoms with E-state index in [2.05, 4.69) is 5.32 Å².